The summed E-state index contributed by atoms with van der Waals surface area (Å²) >= 11 is 0. The van der Waals surface area contributed by atoms with E-state index < -0.39 is 6.10 Å². The molecule has 0 aromatic carbocycles. The van der Waals surface area contributed by atoms with Gasteiger partial charge in [0.2, 0.25) is 0 Å². The fourth-order valence-electron chi connectivity index (χ4n) is 7.31. The largest absolute Gasteiger partial charge is 0.462 e. The second-order valence-corrected chi connectivity index (χ2v) is 17.4. The molecule has 0 saturated heterocycles. The Morgan fingerprint density at radius 1 is 0.371 bits per heavy atom. The molecule has 5 nitrogen and oxygen atoms in total. The first-order valence-corrected chi connectivity index (χ1v) is 26.5. The second kappa shape index (κ2) is 52.7. The lowest BCUT2D eigenvalue weighted by Gasteiger charge is -2.18. The Hall–Kier alpha value is -2.66. The van der Waals surface area contributed by atoms with Crippen molar-refractivity contribution in [3.8, 4) is 0 Å². The molecule has 0 aliphatic carbocycles. The number of hydrogen-bond acceptors (Lipinski definition) is 5. The number of hydrogen-bond donors (Lipinski definition) is 0. The van der Waals surface area contributed by atoms with Gasteiger partial charge in [0.1, 0.15) is 6.61 Å². The molecule has 1 unspecified atom stereocenters. The number of carbonyl (C=O) groups is 2. The number of ether oxygens (including phenoxy) is 3. The topological polar surface area (TPSA) is 61.8 Å². The highest BCUT2D eigenvalue weighted by atomic mass is 16.6. The summed E-state index contributed by atoms with van der Waals surface area (Å²) < 4.78 is 17.4. The maximum atomic E-state index is 12.8. The average Bonchev–Trinajstić information content (AvgIpc) is 3.27. The van der Waals surface area contributed by atoms with Crippen molar-refractivity contribution >= 4 is 11.9 Å². The molecule has 0 fully saturated rings. The molecule has 0 N–H and O–H groups in total. The van der Waals surface area contributed by atoms with Crippen molar-refractivity contribution < 1.29 is 23.8 Å². The van der Waals surface area contributed by atoms with E-state index >= 15 is 0 Å². The molecule has 0 aliphatic rings. The van der Waals surface area contributed by atoms with Crippen molar-refractivity contribution in [3.63, 3.8) is 0 Å². The highest BCUT2D eigenvalue weighted by molar-refractivity contribution is 5.70. The molecule has 0 saturated carbocycles. The fourth-order valence-corrected chi connectivity index (χ4v) is 7.31. The van der Waals surface area contributed by atoms with E-state index in [1.165, 1.54) is 141 Å². The summed E-state index contributed by atoms with van der Waals surface area (Å²) in [7, 11) is 0. The lowest BCUT2D eigenvalue weighted by atomic mass is 10.1. The minimum absolute atomic E-state index is 0.0545. The number of rotatable bonds is 48. The van der Waals surface area contributed by atoms with Gasteiger partial charge in [0.05, 0.1) is 6.61 Å². The third-order valence-electron chi connectivity index (χ3n) is 11.2. The fraction of sp³-hybridized carbons (Fsp3) is 0.754. The minimum atomic E-state index is -0.561. The summed E-state index contributed by atoms with van der Waals surface area (Å²) in [6.45, 7) is 7.67. The van der Waals surface area contributed by atoms with Gasteiger partial charge in [0.15, 0.2) is 6.10 Å². The molecule has 5 heteroatoms. The monoisotopic (exact) mass is 865 g/mol. The first-order chi connectivity index (χ1) is 30.6. The predicted molar refractivity (Wildman–Crippen MR) is 270 cm³/mol. The van der Waals surface area contributed by atoms with Crippen LogP contribution in [0.25, 0.3) is 0 Å². The van der Waals surface area contributed by atoms with E-state index in [1.54, 1.807) is 0 Å². The lowest BCUT2D eigenvalue weighted by molar-refractivity contribution is -0.163. The van der Waals surface area contributed by atoms with Gasteiger partial charge in [-0.05, 0) is 83.5 Å². The van der Waals surface area contributed by atoms with Crippen LogP contribution in [0, 0.1) is 0 Å². The highest BCUT2D eigenvalue weighted by Crippen LogP contribution is 2.14. The number of esters is 2. The van der Waals surface area contributed by atoms with Crippen LogP contribution in [0.1, 0.15) is 252 Å². The summed E-state index contributed by atoms with van der Waals surface area (Å²) in [6, 6.07) is 0. The molecule has 0 bridgehead atoms. The maximum absolute atomic E-state index is 12.8. The van der Waals surface area contributed by atoms with Gasteiger partial charge in [0.25, 0.3) is 0 Å². The first kappa shape index (κ1) is 59.3. The van der Waals surface area contributed by atoms with Crippen LogP contribution in [0.5, 0.6) is 0 Å². The van der Waals surface area contributed by atoms with Crippen LogP contribution in [-0.4, -0.2) is 37.9 Å². The van der Waals surface area contributed by atoms with Crippen LogP contribution in [0.2, 0.25) is 0 Å². The summed E-state index contributed by atoms with van der Waals surface area (Å²) in [5.41, 5.74) is 0. The summed E-state index contributed by atoms with van der Waals surface area (Å²) in [5, 5.41) is 0. The van der Waals surface area contributed by atoms with E-state index in [9.17, 15) is 9.59 Å². The van der Waals surface area contributed by atoms with Gasteiger partial charge in [-0.3, -0.25) is 9.59 Å². The van der Waals surface area contributed by atoms with Crippen molar-refractivity contribution in [3.05, 3.63) is 72.9 Å². The van der Waals surface area contributed by atoms with Gasteiger partial charge in [-0.2, -0.15) is 0 Å². The van der Waals surface area contributed by atoms with Crippen molar-refractivity contribution in [2.45, 2.75) is 258 Å². The zero-order valence-electron chi connectivity index (χ0n) is 41.1. The molecular weight excluding hydrogens is 765 g/mol. The van der Waals surface area contributed by atoms with E-state index in [0.717, 1.165) is 77.0 Å². The lowest BCUT2D eigenvalue weighted by Crippen LogP contribution is -2.30. The van der Waals surface area contributed by atoms with Crippen molar-refractivity contribution in [2.24, 2.45) is 0 Å². The van der Waals surface area contributed by atoms with E-state index in [1.807, 2.05) is 0 Å². The third kappa shape index (κ3) is 50.0. The SMILES string of the molecule is CC/C=C\C/C=C\C/C=C\C/C=C\C/C=C\CCCC(=O)OCC(COCCCCCCCCCCCCCC)OC(=O)CCCCCCCCC/C=C\CCCCCCCC. The Kier molecular flexibility index (Phi) is 50.4. The number of unbranched alkanes of at least 4 members (excludes halogenated alkanes) is 25. The van der Waals surface area contributed by atoms with E-state index in [2.05, 4.69) is 93.7 Å². The van der Waals surface area contributed by atoms with Gasteiger partial charge < -0.3 is 14.2 Å². The van der Waals surface area contributed by atoms with E-state index in [-0.39, 0.29) is 25.2 Å². The van der Waals surface area contributed by atoms with Crippen molar-refractivity contribution in [2.75, 3.05) is 19.8 Å². The molecule has 0 aromatic heterocycles. The smallest absolute Gasteiger partial charge is 0.306 e. The molecular formula is C57H100O5. The van der Waals surface area contributed by atoms with Gasteiger partial charge in [-0.25, -0.2) is 0 Å². The Morgan fingerprint density at radius 3 is 1.23 bits per heavy atom. The molecule has 358 valence electrons. The Balaban J connectivity index is 4.34. The molecule has 62 heavy (non-hydrogen) atoms. The van der Waals surface area contributed by atoms with Crippen LogP contribution < -0.4 is 0 Å². The Bertz CT molecular complexity index is 1110. The molecule has 0 rings (SSSR count). The van der Waals surface area contributed by atoms with Crippen molar-refractivity contribution in [1.29, 1.82) is 0 Å². The summed E-state index contributed by atoms with van der Waals surface area (Å²) in [5.74, 6) is -0.463. The summed E-state index contributed by atoms with van der Waals surface area (Å²) in [4.78, 5) is 25.4. The number of carbonyl (C=O) groups excluding carboxylic acids is 2. The van der Waals surface area contributed by atoms with Gasteiger partial charge in [0, 0.05) is 19.4 Å². The van der Waals surface area contributed by atoms with Crippen LogP contribution >= 0.6 is 0 Å². The van der Waals surface area contributed by atoms with E-state index in [4.69, 9.17) is 14.2 Å². The van der Waals surface area contributed by atoms with E-state index in [0.29, 0.717) is 19.4 Å². The minimum Gasteiger partial charge on any atom is -0.462 e. The van der Waals surface area contributed by atoms with Crippen LogP contribution in [0.3, 0.4) is 0 Å². The third-order valence-corrected chi connectivity index (χ3v) is 11.2. The quantitative estimate of drug-likeness (QED) is 0.0346. The van der Waals surface area contributed by atoms with Gasteiger partial charge in [-0.1, -0.05) is 229 Å². The average molecular weight is 865 g/mol. The molecule has 0 heterocycles. The Labute approximate surface area is 385 Å². The van der Waals surface area contributed by atoms with Gasteiger partial charge >= 0.3 is 11.9 Å². The van der Waals surface area contributed by atoms with Crippen LogP contribution in [0.15, 0.2) is 72.9 Å². The van der Waals surface area contributed by atoms with Crippen LogP contribution in [0.4, 0.5) is 0 Å². The predicted octanol–water partition coefficient (Wildman–Crippen LogP) is 17.9. The normalized spacial score (nSPS) is 12.8. The second-order valence-electron chi connectivity index (χ2n) is 17.4. The molecule has 0 aliphatic heterocycles. The van der Waals surface area contributed by atoms with Gasteiger partial charge in [-0.15, -0.1) is 0 Å². The molecule has 1 atom stereocenters. The van der Waals surface area contributed by atoms with Crippen molar-refractivity contribution in [1.82, 2.24) is 0 Å². The Morgan fingerprint density at radius 2 is 0.742 bits per heavy atom. The molecule has 0 aromatic rings. The maximum Gasteiger partial charge on any atom is 0.306 e. The molecule has 0 radical (unpaired) electrons. The molecule has 0 amide bonds. The number of allylic oxidation sites excluding steroid dienone is 12. The van der Waals surface area contributed by atoms with Crippen LogP contribution in [-0.2, 0) is 23.8 Å². The molecule has 0 spiro atoms. The highest BCUT2D eigenvalue weighted by Gasteiger charge is 2.17. The summed E-state index contributed by atoms with van der Waals surface area (Å²) in [6.07, 6.45) is 67.7. The zero-order valence-corrected chi connectivity index (χ0v) is 41.1. The first-order valence-electron chi connectivity index (χ1n) is 26.5. The zero-order chi connectivity index (χ0) is 44.9. The standard InChI is InChI=1S/C57H100O5/c1-4-7-10-13-16-19-22-25-27-29-31-33-35-38-41-44-47-50-56(58)61-54-55(53-60-52-49-46-43-40-37-24-21-18-15-12-9-6-3)62-57(59)51-48-45-42-39-36-34-32-30-28-26-23-20-17-14-11-8-5-2/h7,10,16,19,25-28,31,33,38,41,55H,4-6,8-9,11-15,17-18,20-24,29-30,32,34-37,39-40,42-54H2,1-3H3/b10-7-,19-16-,27-25-,28-26-,33-31-,41-38-.